The molecule has 2 aromatic heterocycles. The van der Waals surface area contributed by atoms with Crippen molar-refractivity contribution in [3.8, 4) is 0 Å². The molecule has 1 amide bonds. The number of benzene rings is 2. The Balaban J connectivity index is 1.47. The molecule has 0 saturated carbocycles. The molecule has 4 rings (SSSR count). The van der Waals surface area contributed by atoms with Crippen molar-refractivity contribution in [1.82, 2.24) is 20.2 Å². The molecule has 0 bridgehead atoms. The predicted octanol–water partition coefficient (Wildman–Crippen LogP) is 3.65. The zero-order valence-electron chi connectivity index (χ0n) is 13.5. The van der Waals surface area contributed by atoms with Crippen molar-refractivity contribution in [3.05, 3.63) is 53.8 Å². The zero-order chi connectivity index (χ0) is 19.0. The molecule has 0 aliphatic carbocycles. The Morgan fingerprint density at radius 1 is 1.07 bits per heavy atom. The summed E-state index contributed by atoms with van der Waals surface area (Å²) < 4.78 is 39.7. The Labute approximate surface area is 154 Å². The van der Waals surface area contributed by atoms with Gasteiger partial charge in [-0.15, -0.1) is 10.2 Å². The van der Waals surface area contributed by atoms with Crippen LogP contribution in [0.1, 0.15) is 0 Å². The fraction of sp³-hybridized carbons (Fsp3) is 0.0588. The fourth-order valence-electron chi connectivity index (χ4n) is 2.51. The lowest BCUT2D eigenvalue weighted by Gasteiger charge is -2.06. The molecule has 0 saturated heterocycles. The number of thioether (sulfide) groups is 1. The van der Waals surface area contributed by atoms with Gasteiger partial charge in [-0.1, -0.05) is 30.0 Å². The number of hydrogen-bond acceptors (Lipinski definition) is 5. The maximum atomic E-state index is 13.6. The summed E-state index contributed by atoms with van der Waals surface area (Å²) in [6.07, 6.45) is 0. The minimum Gasteiger partial charge on any atom is -0.338 e. The molecule has 27 heavy (non-hydrogen) atoms. The molecule has 0 aliphatic rings. The summed E-state index contributed by atoms with van der Waals surface area (Å²) in [5, 5.41) is 11.4. The number of aromatic nitrogens is 4. The van der Waals surface area contributed by atoms with Crippen LogP contribution in [0, 0.1) is 17.5 Å². The van der Waals surface area contributed by atoms with Crippen LogP contribution in [0.15, 0.2) is 41.6 Å². The summed E-state index contributed by atoms with van der Waals surface area (Å²) in [5.74, 6) is -5.20. The summed E-state index contributed by atoms with van der Waals surface area (Å²) in [6.45, 7) is 0. The van der Waals surface area contributed by atoms with Gasteiger partial charge in [-0.3, -0.25) is 4.79 Å². The van der Waals surface area contributed by atoms with Crippen LogP contribution in [0.5, 0.6) is 0 Å². The molecule has 4 aromatic rings. The zero-order valence-corrected chi connectivity index (χ0v) is 14.3. The average Bonchev–Trinajstić information content (AvgIpc) is 3.04. The molecule has 0 atom stereocenters. The maximum Gasteiger partial charge on any atom is 0.234 e. The SMILES string of the molecule is O=C(CSc1nnc2c(n1)[nH]c1ccccc12)Nc1ccc(F)c(F)c1F. The number of amides is 1. The average molecular weight is 389 g/mol. The predicted molar refractivity (Wildman–Crippen MR) is 94.9 cm³/mol. The van der Waals surface area contributed by atoms with Crippen molar-refractivity contribution < 1.29 is 18.0 Å². The van der Waals surface area contributed by atoms with Crippen LogP contribution < -0.4 is 5.32 Å². The Morgan fingerprint density at radius 2 is 1.89 bits per heavy atom. The van der Waals surface area contributed by atoms with Gasteiger partial charge in [0.1, 0.15) is 5.52 Å². The molecule has 0 spiro atoms. The van der Waals surface area contributed by atoms with E-state index >= 15 is 0 Å². The van der Waals surface area contributed by atoms with Crippen LogP contribution >= 0.6 is 11.8 Å². The fourth-order valence-corrected chi connectivity index (χ4v) is 3.09. The molecule has 0 aliphatic heterocycles. The molecular formula is C17H10F3N5OS. The van der Waals surface area contributed by atoms with E-state index in [2.05, 4.69) is 25.5 Å². The van der Waals surface area contributed by atoms with E-state index in [1.165, 1.54) is 0 Å². The standard InChI is InChI=1S/C17H10F3N5OS/c18-9-5-6-11(14(20)13(9)19)21-12(26)7-27-17-23-16-15(24-25-17)8-3-1-2-4-10(8)22-16/h1-6H,7H2,(H,21,26)(H,22,23,25). The highest BCUT2D eigenvalue weighted by molar-refractivity contribution is 7.99. The quantitative estimate of drug-likeness (QED) is 0.411. The monoisotopic (exact) mass is 389 g/mol. The van der Waals surface area contributed by atoms with Gasteiger partial charge in [0, 0.05) is 10.9 Å². The summed E-state index contributed by atoms with van der Waals surface area (Å²) in [4.78, 5) is 19.4. The number of rotatable bonds is 4. The van der Waals surface area contributed by atoms with E-state index in [9.17, 15) is 18.0 Å². The first-order chi connectivity index (χ1) is 13.0. The number of fused-ring (bicyclic) bond motifs is 3. The van der Waals surface area contributed by atoms with E-state index in [4.69, 9.17) is 0 Å². The van der Waals surface area contributed by atoms with Crippen LogP contribution in [0.3, 0.4) is 0 Å². The van der Waals surface area contributed by atoms with Crippen molar-refractivity contribution >= 4 is 45.4 Å². The number of H-pyrrole nitrogens is 1. The van der Waals surface area contributed by atoms with Crippen LogP contribution in [0.25, 0.3) is 22.1 Å². The van der Waals surface area contributed by atoms with Crippen molar-refractivity contribution in [2.24, 2.45) is 0 Å². The van der Waals surface area contributed by atoms with Gasteiger partial charge in [-0.05, 0) is 18.2 Å². The minimum absolute atomic E-state index is 0.161. The summed E-state index contributed by atoms with van der Waals surface area (Å²) in [5.41, 5.74) is 1.57. The normalized spacial score (nSPS) is 11.2. The number of anilines is 1. The summed E-state index contributed by atoms with van der Waals surface area (Å²) >= 11 is 0.979. The topological polar surface area (TPSA) is 83.6 Å². The number of para-hydroxylation sites is 1. The molecule has 2 heterocycles. The van der Waals surface area contributed by atoms with Crippen LogP contribution in [-0.4, -0.2) is 31.8 Å². The van der Waals surface area contributed by atoms with Gasteiger partial charge in [0.25, 0.3) is 0 Å². The van der Waals surface area contributed by atoms with E-state index in [1.54, 1.807) is 0 Å². The maximum absolute atomic E-state index is 13.6. The van der Waals surface area contributed by atoms with Crippen LogP contribution in [-0.2, 0) is 4.79 Å². The summed E-state index contributed by atoms with van der Waals surface area (Å²) in [6, 6.07) is 9.21. The van der Waals surface area contributed by atoms with Crippen molar-refractivity contribution in [2.45, 2.75) is 5.16 Å². The Hall–Kier alpha value is -3.14. The van der Waals surface area contributed by atoms with Crippen LogP contribution in [0.4, 0.5) is 18.9 Å². The van der Waals surface area contributed by atoms with Gasteiger partial charge < -0.3 is 10.3 Å². The third kappa shape index (κ3) is 3.31. The molecule has 2 N–H and O–H groups in total. The molecule has 0 radical (unpaired) electrons. The number of carbonyl (C=O) groups is 1. The largest absolute Gasteiger partial charge is 0.338 e. The van der Waals surface area contributed by atoms with Gasteiger partial charge in [-0.2, -0.15) is 0 Å². The number of carbonyl (C=O) groups excluding carboxylic acids is 1. The van der Waals surface area contributed by atoms with E-state index < -0.39 is 29.0 Å². The molecule has 10 heteroatoms. The Bertz CT molecular complexity index is 1180. The van der Waals surface area contributed by atoms with Gasteiger partial charge in [0.2, 0.25) is 11.1 Å². The molecule has 0 fully saturated rings. The first kappa shape index (κ1) is 17.3. The van der Waals surface area contributed by atoms with Crippen molar-refractivity contribution in [1.29, 1.82) is 0 Å². The summed E-state index contributed by atoms with van der Waals surface area (Å²) in [7, 11) is 0. The van der Waals surface area contributed by atoms with Gasteiger partial charge in [-0.25, -0.2) is 18.2 Å². The molecule has 136 valence electrons. The second-order valence-corrected chi connectivity index (χ2v) is 6.46. The molecule has 0 unspecified atom stereocenters. The number of nitrogens with one attached hydrogen (secondary N) is 2. The Kier molecular flexibility index (Phi) is 4.40. The third-order valence-electron chi connectivity index (χ3n) is 3.74. The highest BCUT2D eigenvalue weighted by Gasteiger charge is 2.16. The van der Waals surface area contributed by atoms with Gasteiger partial charge in [0.05, 0.1) is 11.4 Å². The van der Waals surface area contributed by atoms with Crippen molar-refractivity contribution in [3.63, 3.8) is 0 Å². The second-order valence-electron chi connectivity index (χ2n) is 5.52. The highest BCUT2D eigenvalue weighted by Crippen LogP contribution is 2.24. The van der Waals surface area contributed by atoms with Gasteiger partial charge in [0.15, 0.2) is 23.1 Å². The molecular weight excluding hydrogens is 379 g/mol. The lowest BCUT2D eigenvalue weighted by Crippen LogP contribution is -2.16. The van der Waals surface area contributed by atoms with E-state index in [0.29, 0.717) is 11.2 Å². The Morgan fingerprint density at radius 3 is 2.74 bits per heavy atom. The molecule has 2 aromatic carbocycles. The van der Waals surface area contributed by atoms with E-state index in [1.807, 2.05) is 24.3 Å². The number of aromatic amines is 1. The number of hydrogen-bond donors (Lipinski definition) is 2. The van der Waals surface area contributed by atoms with E-state index in [0.717, 1.165) is 34.8 Å². The highest BCUT2D eigenvalue weighted by atomic mass is 32.2. The van der Waals surface area contributed by atoms with E-state index in [-0.39, 0.29) is 10.9 Å². The number of nitrogens with zero attached hydrogens (tertiary/aromatic N) is 3. The third-order valence-corrected chi connectivity index (χ3v) is 4.58. The second kappa shape index (κ2) is 6.88. The lowest BCUT2D eigenvalue weighted by molar-refractivity contribution is -0.113. The molecule has 6 nitrogen and oxygen atoms in total. The first-order valence-corrected chi connectivity index (χ1v) is 8.69. The minimum atomic E-state index is -1.64. The lowest BCUT2D eigenvalue weighted by atomic mass is 10.2. The smallest absolute Gasteiger partial charge is 0.234 e. The van der Waals surface area contributed by atoms with Gasteiger partial charge >= 0.3 is 0 Å². The van der Waals surface area contributed by atoms with Crippen molar-refractivity contribution in [2.75, 3.05) is 11.1 Å². The first-order valence-electron chi connectivity index (χ1n) is 7.70. The van der Waals surface area contributed by atoms with Crippen LogP contribution in [0.2, 0.25) is 0 Å². The number of halogens is 3.